The molecule has 0 aromatic rings. The summed E-state index contributed by atoms with van der Waals surface area (Å²) in [5.74, 6) is -4.51. The van der Waals surface area contributed by atoms with Crippen molar-refractivity contribution in [1.82, 2.24) is 5.32 Å². The number of ether oxygens (including phenoxy) is 1. The maximum atomic E-state index is 12.0. The van der Waals surface area contributed by atoms with Crippen LogP contribution < -0.4 is 5.32 Å². The fourth-order valence-corrected chi connectivity index (χ4v) is 1.47. The first-order valence-corrected chi connectivity index (χ1v) is 5.34. The predicted octanol–water partition coefficient (Wildman–Crippen LogP) is 1.86. The number of hydrogen-bond donors (Lipinski definition) is 1. The maximum Gasteiger partial charge on any atom is 0.490 e. The van der Waals surface area contributed by atoms with Crippen LogP contribution in [-0.2, 0) is 14.3 Å². The van der Waals surface area contributed by atoms with E-state index in [9.17, 15) is 35.9 Å². The Hall–Kier alpha value is -1.74. The van der Waals surface area contributed by atoms with Crippen LogP contribution in [0.2, 0.25) is 0 Å². The van der Waals surface area contributed by atoms with Crippen LogP contribution in [-0.4, -0.2) is 36.4 Å². The first-order valence-electron chi connectivity index (χ1n) is 5.34. The number of rotatable bonds is 2. The molecule has 0 saturated heterocycles. The van der Waals surface area contributed by atoms with Crippen molar-refractivity contribution in [2.45, 2.75) is 37.3 Å². The fraction of sp³-hybridized carbons (Fsp3) is 0.600. The molecule has 0 aromatic carbocycles. The largest absolute Gasteiger partial charge is 0.490 e. The Morgan fingerprint density at radius 2 is 1.60 bits per heavy atom. The molecule has 114 valence electrons. The predicted molar refractivity (Wildman–Crippen MR) is 52.3 cm³/mol. The molecule has 1 aliphatic rings. The van der Waals surface area contributed by atoms with Crippen molar-refractivity contribution in [3.63, 3.8) is 0 Å². The third kappa shape index (κ3) is 4.74. The first-order chi connectivity index (χ1) is 9.00. The second kappa shape index (κ2) is 5.71. The molecule has 1 aliphatic carbocycles. The zero-order valence-electron chi connectivity index (χ0n) is 9.72. The Morgan fingerprint density at radius 3 is 2.00 bits per heavy atom. The molecule has 0 spiro atoms. The molecule has 20 heavy (non-hydrogen) atoms. The lowest BCUT2D eigenvalue weighted by Crippen LogP contribution is -2.44. The molecule has 0 aromatic heterocycles. The van der Waals surface area contributed by atoms with Gasteiger partial charge in [-0.3, -0.25) is 4.79 Å². The van der Waals surface area contributed by atoms with Crippen LogP contribution in [0.3, 0.4) is 0 Å². The highest BCUT2D eigenvalue weighted by molar-refractivity contribution is 5.82. The van der Waals surface area contributed by atoms with Crippen LogP contribution in [0.5, 0.6) is 0 Å². The van der Waals surface area contributed by atoms with Crippen molar-refractivity contribution >= 4 is 11.9 Å². The van der Waals surface area contributed by atoms with E-state index < -0.39 is 36.4 Å². The fourth-order valence-electron chi connectivity index (χ4n) is 1.47. The molecule has 0 radical (unpaired) electrons. The molecule has 0 saturated carbocycles. The molecule has 0 bridgehead atoms. The summed E-state index contributed by atoms with van der Waals surface area (Å²) < 4.78 is 75.7. The molecular formula is C10H9F6NO3. The molecule has 1 N–H and O–H groups in total. The van der Waals surface area contributed by atoms with Gasteiger partial charge in [0.2, 0.25) is 0 Å². The second-order valence-electron chi connectivity index (χ2n) is 3.98. The summed E-state index contributed by atoms with van der Waals surface area (Å²) in [6, 6.07) is -0.968. The van der Waals surface area contributed by atoms with E-state index in [2.05, 4.69) is 4.74 Å². The third-order valence-corrected chi connectivity index (χ3v) is 2.38. The number of carbonyl (C=O) groups is 2. The first kappa shape index (κ1) is 16.3. The van der Waals surface area contributed by atoms with Crippen LogP contribution in [0, 0.1) is 0 Å². The van der Waals surface area contributed by atoms with Crippen LogP contribution in [0.25, 0.3) is 0 Å². The Kier molecular flexibility index (Phi) is 4.66. The van der Waals surface area contributed by atoms with Crippen molar-refractivity contribution < 1.29 is 40.7 Å². The molecule has 10 heteroatoms. The van der Waals surface area contributed by atoms with E-state index in [1.54, 1.807) is 5.32 Å². The van der Waals surface area contributed by atoms with Crippen molar-refractivity contribution in [2.24, 2.45) is 0 Å². The summed E-state index contributed by atoms with van der Waals surface area (Å²) >= 11 is 0. The minimum atomic E-state index is -5.13. The van der Waals surface area contributed by atoms with Crippen LogP contribution in [0.4, 0.5) is 26.3 Å². The van der Waals surface area contributed by atoms with Gasteiger partial charge in [-0.1, -0.05) is 6.08 Å². The lowest BCUT2D eigenvalue weighted by molar-refractivity contribution is -0.203. The smallest absolute Gasteiger partial charge is 0.451 e. The van der Waals surface area contributed by atoms with Gasteiger partial charge in [0, 0.05) is 6.04 Å². The molecule has 0 heterocycles. The van der Waals surface area contributed by atoms with Gasteiger partial charge < -0.3 is 10.1 Å². The normalized spacial score (nSPS) is 23.3. The summed E-state index contributed by atoms with van der Waals surface area (Å²) in [4.78, 5) is 21.1. The van der Waals surface area contributed by atoms with Gasteiger partial charge in [-0.25, -0.2) is 4.79 Å². The van der Waals surface area contributed by atoms with Gasteiger partial charge in [-0.05, 0) is 18.9 Å². The second-order valence-corrected chi connectivity index (χ2v) is 3.98. The number of amides is 1. The van der Waals surface area contributed by atoms with Gasteiger partial charge >= 0.3 is 24.2 Å². The SMILES string of the molecule is O=C(NC1C=CC(OC(=O)C(F)(F)F)CC1)C(F)(F)F. The Morgan fingerprint density at radius 1 is 1.00 bits per heavy atom. The van der Waals surface area contributed by atoms with Crippen LogP contribution >= 0.6 is 0 Å². The Labute approximate surface area is 108 Å². The van der Waals surface area contributed by atoms with E-state index in [4.69, 9.17) is 0 Å². The summed E-state index contributed by atoms with van der Waals surface area (Å²) in [5, 5.41) is 1.65. The number of halogens is 6. The molecule has 2 unspecified atom stereocenters. The lowest BCUT2D eigenvalue weighted by Gasteiger charge is -2.24. The summed E-state index contributed by atoms with van der Waals surface area (Å²) in [6.45, 7) is 0. The van der Waals surface area contributed by atoms with E-state index in [1.165, 1.54) is 0 Å². The van der Waals surface area contributed by atoms with Crippen molar-refractivity contribution in [3.05, 3.63) is 12.2 Å². The van der Waals surface area contributed by atoms with Gasteiger partial charge in [0.15, 0.2) is 0 Å². The zero-order valence-corrected chi connectivity index (χ0v) is 9.72. The topological polar surface area (TPSA) is 55.4 Å². The molecule has 0 fully saturated rings. The standard InChI is InChI=1S/C10H9F6NO3/c11-9(12,13)7(18)17-5-1-3-6(4-2-5)20-8(19)10(14,15)16/h1,3,5-6H,2,4H2,(H,17,18). The highest BCUT2D eigenvalue weighted by Crippen LogP contribution is 2.22. The molecule has 1 rings (SSSR count). The summed E-state index contributed by atoms with van der Waals surface area (Å²) in [7, 11) is 0. The highest BCUT2D eigenvalue weighted by Gasteiger charge is 2.43. The van der Waals surface area contributed by atoms with Crippen molar-refractivity contribution in [1.29, 1.82) is 0 Å². The minimum Gasteiger partial charge on any atom is -0.451 e. The van der Waals surface area contributed by atoms with E-state index in [1.807, 2.05) is 0 Å². The monoisotopic (exact) mass is 305 g/mol. The third-order valence-electron chi connectivity index (χ3n) is 2.38. The Balaban J connectivity index is 2.50. The maximum absolute atomic E-state index is 12.0. The van der Waals surface area contributed by atoms with Gasteiger partial charge in [0.05, 0.1) is 0 Å². The quantitative estimate of drug-likeness (QED) is 0.481. The molecule has 0 aliphatic heterocycles. The number of nitrogens with one attached hydrogen (secondary N) is 1. The van der Waals surface area contributed by atoms with E-state index >= 15 is 0 Å². The van der Waals surface area contributed by atoms with E-state index in [0.29, 0.717) is 0 Å². The number of alkyl halides is 6. The molecule has 1 amide bonds. The van der Waals surface area contributed by atoms with E-state index in [0.717, 1.165) is 12.2 Å². The summed E-state index contributed by atoms with van der Waals surface area (Å²) in [6.07, 6.45) is -9.48. The van der Waals surface area contributed by atoms with Gasteiger partial charge in [-0.15, -0.1) is 0 Å². The zero-order chi connectivity index (χ0) is 15.6. The summed E-state index contributed by atoms with van der Waals surface area (Å²) in [5.41, 5.74) is 0. The number of hydrogen-bond acceptors (Lipinski definition) is 3. The highest BCUT2D eigenvalue weighted by atomic mass is 19.4. The van der Waals surface area contributed by atoms with Crippen LogP contribution in [0.1, 0.15) is 12.8 Å². The number of carbonyl (C=O) groups excluding carboxylic acids is 2. The van der Waals surface area contributed by atoms with Crippen LogP contribution in [0.15, 0.2) is 12.2 Å². The Bertz CT molecular complexity index is 376. The minimum absolute atomic E-state index is 0.0753. The molecular weight excluding hydrogens is 296 g/mol. The number of esters is 1. The molecule has 4 nitrogen and oxygen atoms in total. The average Bonchev–Trinajstić information content (AvgIpc) is 2.29. The van der Waals surface area contributed by atoms with Crippen molar-refractivity contribution in [2.75, 3.05) is 0 Å². The van der Waals surface area contributed by atoms with E-state index in [-0.39, 0.29) is 12.8 Å². The average molecular weight is 305 g/mol. The molecule has 2 atom stereocenters. The van der Waals surface area contributed by atoms with Gasteiger partial charge in [-0.2, -0.15) is 26.3 Å². The van der Waals surface area contributed by atoms with Crippen molar-refractivity contribution in [3.8, 4) is 0 Å². The van der Waals surface area contributed by atoms with Gasteiger partial charge in [0.25, 0.3) is 0 Å². The van der Waals surface area contributed by atoms with Gasteiger partial charge in [0.1, 0.15) is 6.10 Å². The lowest BCUT2D eigenvalue weighted by atomic mass is 10.0.